The number of ether oxygens (including phenoxy) is 1. The van der Waals surface area contributed by atoms with Gasteiger partial charge in [-0.05, 0) is 48.4 Å². The van der Waals surface area contributed by atoms with Crippen LogP contribution >= 0.6 is 0 Å². The number of nitriles is 1. The first-order valence-corrected chi connectivity index (χ1v) is 5.50. The first-order chi connectivity index (χ1) is 8.65. The van der Waals surface area contributed by atoms with Crippen molar-refractivity contribution in [3.63, 3.8) is 0 Å². The van der Waals surface area contributed by atoms with Crippen LogP contribution in [0.1, 0.15) is 11.1 Å². The van der Waals surface area contributed by atoms with Crippen LogP contribution in [0.5, 0.6) is 5.75 Å². The Hall–Kier alpha value is -2.34. The van der Waals surface area contributed by atoms with Crippen LogP contribution in [0.15, 0.2) is 36.4 Å². The van der Waals surface area contributed by atoms with Gasteiger partial charge in [-0.25, -0.2) is 4.39 Å². The molecule has 0 atom stereocenters. The number of rotatable bonds is 2. The summed E-state index contributed by atoms with van der Waals surface area (Å²) in [6.07, 6.45) is 0. The molecule has 0 N–H and O–H groups in total. The van der Waals surface area contributed by atoms with Gasteiger partial charge in [0.15, 0.2) is 0 Å². The van der Waals surface area contributed by atoms with Crippen LogP contribution in [0.25, 0.3) is 11.1 Å². The SMILES string of the molecule is COc1ccc(F)c(-c2ccc(C#N)cc2C)c1. The predicted molar refractivity (Wildman–Crippen MR) is 67.8 cm³/mol. The van der Waals surface area contributed by atoms with E-state index in [9.17, 15) is 4.39 Å². The molecule has 0 aromatic heterocycles. The number of hydrogen-bond acceptors (Lipinski definition) is 2. The van der Waals surface area contributed by atoms with Gasteiger partial charge in [0.2, 0.25) is 0 Å². The summed E-state index contributed by atoms with van der Waals surface area (Å²) in [5.74, 6) is 0.304. The molecule has 0 heterocycles. The molecular weight excluding hydrogens is 229 g/mol. The molecule has 0 spiro atoms. The molecule has 2 aromatic carbocycles. The van der Waals surface area contributed by atoms with Crippen molar-refractivity contribution in [1.82, 2.24) is 0 Å². The molecule has 0 aliphatic rings. The largest absolute Gasteiger partial charge is 0.497 e. The second-order valence-electron chi connectivity index (χ2n) is 3.99. The maximum atomic E-state index is 13.8. The van der Waals surface area contributed by atoms with Gasteiger partial charge in [0.25, 0.3) is 0 Å². The zero-order valence-electron chi connectivity index (χ0n) is 10.2. The lowest BCUT2D eigenvalue weighted by molar-refractivity contribution is 0.414. The van der Waals surface area contributed by atoms with Crippen molar-refractivity contribution in [3.05, 3.63) is 53.3 Å². The van der Waals surface area contributed by atoms with Gasteiger partial charge in [0, 0.05) is 5.56 Å². The number of hydrogen-bond donors (Lipinski definition) is 0. The molecule has 0 aliphatic carbocycles. The van der Waals surface area contributed by atoms with Gasteiger partial charge in [0.05, 0.1) is 18.7 Å². The lowest BCUT2D eigenvalue weighted by atomic mass is 9.98. The van der Waals surface area contributed by atoms with E-state index in [1.165, 1.54) is 6.07 Å². The van der Waals surface area contributed by atoms with E-state index >= 15 is 0 Å². The molecule has 0 aliphatic heterocycles. The molecule has 90 valence electrons. The van der Waals surface area contributed by atoms with Crippen molar-refractivity contribution >= 4 is 0 Å². The summed E-state index contributed by atoms with van der Waals surface area (Å²) in [5, 5.41) is 8.82. The molecule has 0 bridgehead atoms. The maximum Gasteiger partial charge on any atom is 0.131 e. The van der Waals surface area contributed by atoms with Crippen LogP contribution < -0.4 is 4.74 Å². The maximum absolute atomic E-state index is 13.8. The third-order valence-electron chi connectivity index (χ3n) is 2.82. The number of methoxy groups -OCH3 is 1. The quantitative estimate of drug-likeness (QED) is 0.803. The van der Waals surface area contributed by atoms with E-state index in [0.29, 0.717) is 16.9 Å². The Morgan fingerprint density at radius 3 is 2.50 bits per heavy atom. The van der Waals surface area contributed by atoms with Gasteiger partial charge < -0.3 is 4.74 Å². The Labute approximate surface area is 105 Å². The number of benzene rings is 2. The molecule has 18 heavy (non-hydrogen) atoms. The Balaban J connectivity index is 2.58. The van der Waals surface area contributed by atoms with E-state index in [4.69, 9.17) is 10.00 Å². The minimum Gasteiger partial charge on any atom is -0.497 e. The topological polar surface area (TPSA) is 33.0 Å². The number of nitrogens with zero attached hydrogens (tertiary/aromatic N) is 1. The lowest BCUT2D eigenvalue weighted by Gasteiger charge is -2.09. The Bertz CT molecular complexity index is 629. The van der Waals surface area contributed by atoms with Crippen molar-refractivity contribution in [1.29, 1.82) is 5.26 Å². The minimum atomic E-state index is -0.302. The van der Waals surface area contributed by atoms with E-state index < -0.39 is 0 Å². The number of halogens is 1. The average molecular weight is 241 g/mol. The molecule has 2 nitrogen and oxygen atoms in total. The van der Waals surface area contributed by atoms with E-state index in [-0.39, 0.29) is 5.82 Å². The Morgan fingerprint density at radius 1 is 1.11 bits per heavy atom. The first-order valence-electron chi connectivity index (χ1n) is 5.50. The smallest absolute Gasteiger partial charge is 0.131 e. The zero-order valence-corrected chi connectivity index (χ0v) is 10.2. The summed E-state index contributed by atoms with van der Waals surface area (Å²) in [6, 6.07) is 11.9. The van der Waals surface area contributed by atoms with Crippen molar-refractivity contribution in [2.45, 2.75) is 6.92 Å². The summed E-state index contributed by atoms with van der Waals surface area (Å²) in [4.78, 5) is 0. The van der Waals surface area contributed by atoms with Crippen LogP contribution in [0.3, 0.4) is 0 Å². The van der Waals surface area contributed by atoms with Crippen molar-refractivity contribution in [3.8, 4) is 22.9 Å². The van der Waals surface area contributed by atoms with E-state index in [1.54, 1.807) is 37.4 Å². The summed E-state index contributed by atoms with van der Waals surface area (Å²) in [6.45, 7) is 1.86. The zero-order chi connectivity index (χ0) is 13.1. The van der Waals surface area contributed by atoms with Gasteiger partial charge in [-0.15, -0.1) is 0 Å². The molecule has 0 unspecified atom stereocenters. The summed E-state index contributed by atoms with van der Waals surface area (Å²) >= 11 is 0. The van der Waals surface area contributed by atoms with Crippen LogP contribution in [0.2, 0.25) is 0 Å². The highest BCUT2D eigenvalue weighted by molar-refractivity contribution is 5.70. The second kappa shape index (κ2) is 4.89. The van der Waals surface area contributed by atoms with Crippen LogP contribution in [-0.2, 0) is 0 Å². The van der Waals surface area contributed by atoms with E-state index in [2.05, 4.69) is 6.07 Å². The third-order valence-corrected chi connectivity index (χ3v) is 2.82. The van der Waals surface area contributed by atoms with Gasteiger partial charge >= 0.3 is 0 Å². The van der Waals surface area contributed by atoms with Crippen molar-refractivity contribution in [2.24, 2.45) is 0 Å². The van der Waals surface area contributed by atoms with Crippen LogP contribution in [0.4, 0.5) is 4.39 Å². The highest BCUT2D eigenvalue weighted by Crippen LogP contribution is 2.29. The molecule has 0 fully saturated rings. The predicted octanol–water partition coefficient (Wildman–Crippen LogP) is 3.68. The van der Waals surface area contributed by atoms with Gasteiger partial charge in [-0.2, -0.15) is 5.26 Å². The molecule has 2 aromatic rings. The third kappa shape index (κ3) is 2.18. The summed E-state index contributed by atoms with van der Waals surface area (Å²) in [5.41, 5.74) is 2.68. The van der Waals surface area contributed by atoms with E-state index in [0.717, 1.165) is 11.1 Å². The van der Waals surface area contributed by atoms with E-state index in [1.807, 2.05) is 6.92 Å². The number of aryl methyl sites for hydroxylation is 1. The Kier molecular flexibility index (Phi) is 3.29. The molecule has 0 radical (unpaired) electrons. The monoisotopic (exact) mass is 241 g/mol. The lowest BCUT2D eigenvalue weighted by Crippen LogP contribution is -1.91. The molecule has 0 saturated heterocycles. The fourth-order valence-corrected chi connectivity index (χ4v) is 1.87. The minimum absolute atomic E-state index is 0.302. The average Bonchev–Trinajstić information content (AvgIpc) is 2.39. The van der Waals surface area contributed by atoms with Gasteiger partial charge in [-0.3, -0.25) is 0 Å². The summed E-state index contributed by atoms with van der Waals surface area (Å²) < 4.78 is 18.9. The molecule has 2 rings (SSSR count). The van der Waals surface area contributed by atoms with Gasteiger partial charge in [0.1, 0.15) is 11.6 Å². The van der Waals surface area contributed by atoms with Crippen molar-refractivity contribution < 1.29 is 9.13 Å². The summed E-state index contributed by atoms with van der Waals surface area (Å²) in [7, 11) is 1.54. The van der Waals surface area contributed by atoms with Crippen LogP contribution in [-0.4, -0.2) is 7.11 Å². The molecular formula is C15H12FNO. The fourth-order valence-electron chi connectivity index (χ4n) is 1.87. The Morgan fingerprint density at radius 2 is 1.89 bits per heavy atom. The molecule has 0 amide bonds. The van der Waals surface area contributed by atoms with Crippen molar-refractivity contribution in [2.75, 3.05) is 7.11 Å². The second-order valence-corrected chi connectivity index (χ2v) is 3.99. The highest BCUT2D eigenvalue weighted by atomic mass is 19.1. The fraction of sp³-hybridized carbons (Fsp3) is 0.133. The normalized spacial score (nSPS) is 9.89. The molecule has 3 heteroatoms. The highest BCUT2D eigenvalue weighted by Gasteiger charge is 2.09. The molecule has 0 saturated carbocycles. The van der Waals surface area contributed by atoms with Gasteiger partial charge in [-0.1, -0.05) is 6.07 Å². The standard InChI is InChI=1S/C15H12FNO/c1-10-7-11(9-17)3-5-13(10)14-8-12(18-2)4-6-15(14)16/h3-8H,1-2H3. The van der Waals surface area contributed by atoms with Crippen LogP contribution in [0, 0.1) is 24.1 Å². The first kappa shape index (κ1) is 12.1.